The fourth-order valence-electron chi connectivity index (χ4n) is 1.04. The Labute approximate surface area is 79.2 Å². The van der Waals surface area contributed by atoms with Crippen molar-refractivity contribution in [3.63, 3.8) is 0 Å². The van der Waals surface area contributed by atoms with Crippen LogP contribution in [0.4, 0.5) is 13.2 Å². The van der Waals surface area contributed by atoms with E-state index in [1.54, 1.807) is 0 Å². The molecule has 0 heterocycles. The summed E-state index contributed by atoms with van der Waals surface area (Å²) in [6, 6.07) is 2.17. The Morgan fingerprint density at radius 3 is 2.50 bits per heavy atom. The van der Waals surface area contributed by atoms with Crippen molar-refractivity contribution < 1.29 is 18.3 Å². The number of benzene rings is 1. The van der Waals surface area contributed by atoms with Crippen molar-refractivity contribution in [2.24, 2.45) is 5.73 Å². The van der Waals surface area contributed by atoms with Crippen LogP contribution in [0, 0.1) is 5.82 Å². The number of phenols is 1. The Morgan fingerprint density at radius 1 is 1.36 bits per heavy atom. The monoisotopic (exact) mass is 205 g/mol. The Balaban J connectivity index is 2.73. The maximum Gasteiger partial charge on any atom is 0.253 e. The molecule has 0 aliphatic rings. The molecule has 1 aromatic carbocycles. The lowest BCUT2D eigenvalue weighted by atomic mass is 10.1. The summed E-state index contributed by atoms with van der Waals surface area (Å²) in [5, 5.41) is 8.83. The zero-order valence-electron chi connectivity index (χ0n) is 7.25. The molecule has 1 unspecified atom stereocenters. The van der Waals surface area contributed by atoms with E-state index in [1.165, 1.54) is 6.07 Å². The van der Waals surface area contributed by atoms with E-state index in [0.29, 0.717) is 5.56 Å². The number of rotatable bonds is 3. The van der Waals surface area contributed by atoms with Crippen molar-refractivity contribution in [2.75, 3.05) is 0 Å². The molecule has 0 radical (unpaired) electrons. The average Bonchev–Trinajstić information content (AvgIpc) is 2.11. The number of halogens is 3. The zero-order chi connectivity index (χ0) is 10.7. The van der Waals surface area contributed by atoms with Gasteiger partial charge in [-0.25, -0.2) is 13.2 Å². The van der Waals surface area contributed by atoms with Crippen molar-refractivity contribution in [2.45, 2.75) is 18.9 Å². The highest BCUT2D eigenvalue weighted by molar-refractivity contribution is 5.28. The summed E-state index contributed by atoms with van der Waals surface area (Å²) in [6.07, 6.45) is -2.75. The third kappa shape index (κ3) is 2.63. The van der Waals surface area contributed by atoms with Crippen LogP contribution >= 0.6 is 0 Å². The van der Waals surface area contributed by atoms with Crippen LogP contribution in [0.15, 0.2) is 18.2 Å². The summed E-state index contributed by atoms with van der Waals surface area (Å²) in [5.74, 6) is -1.33. The van der Waals surface area contributed by atoms with Crippen LogP contribution in [0.3, 0.4) is 0 Å². The number of aromatic hydroxyl groups is 1. The molecule has 5 heteroatoms. The maximum absolute atomic E-state index is 12.8. The molecule has 0 saturated carbocycles. The van der Waals surface area contributed by atoms with Crippen molar-refractivity contribution in [3.05, 3.63) is 29.6 Å². The first-order valence-electron chi connectivity index (χ1n) is 4.02. The number of nitrogens with two attached hydrogens (primary N) is 1. The lowest BCUT2D eigenvalue weighted by Gasteiger charge is -2.10. The van der Waals surface area contributed by atoms with E-state index in [9.17, 15) is 13.2 Å². The van der Waals surface area contributed by atoms with Crippen molar-refractivity contribution in [3.8, 4) is 5.75 Å². The van der Waals surface area contributed by atoms with Gasteiger partial charge in [-0.3, -0.25) is 0 Å². The van der Waals surface area contributed by atoms with Gasteiger partial charge < -0.3 is 10.8 Å². The highest BCUT2D eigenvalue weighted by Gasteiger charge is 2.16. The fourth-order valence-corrected chi connectivity index (χ4v) is 1.04. The highest BCUT2D eigenvalue weighted by Crippen LogP contribution is 2.17. The molecule has 0 aromatic heterocycles. The van der Waals surface area contributed by atoms with E-state index in [1.807, 2.05) is 0 Å². The summed E-state index contributed by atoms with van der Waals surface area (Å²) in [6.45, 7) is 0. The number of phenolic OH excluding ortho intramolecular Hbond substituents is 1. The van der Waals surface area contributed by atoms with E-state index >= 15 is 0 Å². The van der Waals surface area contributed by atoms with Crippen LogP contribution in [0.1, 0.15) is 5.56 Å². The molecule has 3 N–H and O–H groups in total. The first-order valence-corrected chi connectivity index (χ1v) is 4.02. The fraction of sp³-hybridized carbons (Fsp3) is 0.333. The molecule has 0 aliphatic heterocycles. The molecule has 1 rings (SSSR count). The average molecular weight is 205 g/mol. The SMILES string of the molecule is NC(Cc1ccc(O)c(F)c1)C(F)F. The molecule has 0 spiro atoms. The predicted octanol–water partition coefficient (Wildman–Crippen LogP) is 1.67. The van der Waals surface area contributed by atoms with Gasteiger partial charge >= 0.3 is 0 Å². The van der Waals surface area contributed by atoms with Crippen LogP contribution in [-0.4, -0.2) is 17.6 Å². The van der Waals surface area contributed by atoms with E-state index in [0.717, 1.165) is 12.1 Å². The highest BCUT2D eigenvalue weighted by atomic mass is 19.3. The van der Waals surface area contributed by atoms with Gasteiger partial charge in [0, 0.05) is 0 Å². The molecule has 2 nitrogen and oxygen atoms in total. The van der Waals surface area contributed by atoms with Crippen molar-refractivity contribution in [1.29, 1.82) is 0 Å². The van der Waals surface area contributed by atoms with Gasteiger partial charge in [0.05, 0.1) is 6.04 Å². The predicted molar refractivity (Wildman–Crippen MR) is 45.7 cm³/mol. The third-order valence-corrected chi connectivity index (χ3v) is 1.81. The quantitative estimate of drug-likeness (QED) is 0.788. The second-order valence-corrected chi connectivity index (χ2v) is 2.99. The normalized spacial score (nSPS) is 13.2. The van der Waals surface area contributed by atoms with E-state index in [-0.39, 0.29) is 6.42 Å². The van der Waals surface area contributed by atoms with Crippen LogP contribution in [-0.2, 0) is 6.42 Å². The topological polar surface area (TPSA) is 46.2 Å². The van der Waals surface area contributed by atoms with Crippen LogP contribution < -0.4 is 5.73 Å². The zero-order valence-corrected chi connectivity index (χ0v) is 7.25. The largest absolute Gasteiger partial charge is 0.505 e. The third-order valence-electron chi connectivity index (χ3n) is 1.81. The number of alkyl halides is 2. The van der Waals surface area contributed by atoms with Gasteiger partial charge in [-0.1, -0.05) is 6.07 Å². The van der Waals surface area contributed by atoms with Crippen molar-refractivity contribution >= 4 is 0 Å². The van der Waals surface area contributed by atoms with E-state index in [4.69, 9.17) is 10.8 Å². The summed E-state index contributed by atoms with van der Waals surface area (Å²) in [7, 11) is 0. The van der Waals surface area contributed by atoms with Gasteiger partial charge in [0.2, 0.25) is 0 Å². The van der Waals surface area contributed by atoms with Gasteiger partial charge in [-0.05, 0) is 24.1 Å². The van der Waals surface area contributed by atoms with Gasteiger partial charge in [0.1, 0.15) is 0 Å². The van der Waals surface area contributed by atoms with Crippen LogP contribution in [0.2, 0.25) is 0 Å². The molecule has 0 amide bonds. The Hall–Kier alpha value is -1.23. The second-order valence-electron chi connectivity index (χ2n) is 2.99. The summed E-state index contributed by atoms with van der Waals surface area (Å²) in [5.41, 5.74) is 5.44. The molecule has 78 valence electrons. The van der Waals surface area contributed by atoms with Crippen LogP contribution in [0.25, 0.3) is 0 Å². The molecule has 0 bridgehead atoms. The number of hydrogen-bond acceptors (Lipinski definition) is 2. The van der Waals surface area contributed by atoms with Gasteiger partial charge in [-0.2, -0.15) is 0 Å². The van der Waals surface area contributed by atoms with E-state index < -0.39 is 24.0 Å². The van der Waals surface area contributed by atoms with Gasteiger partial charge in [-0.15, -0.1) is 0 Å². The minimum atomic E-state index is -2.63. The van der Waals surface area contributed by atoms with E-state index in [2.05, 4.69) is 0 Å². The standard InChI is InChI=1S/C9H10F3NO/c10-6-3-5(1-2-8(6)14)4-7(13)9(11)12/h1-3,7,9,14H,4,13H2. The molecule has 0 fully saturated rings. The second kappa shape index (κ2) is 4.32. The maximum atomic E-state index is 12.8. The van der Waals surface area contributed by atoms with Crippen molar-refractivity contribution in [1.82, 2.24) is 0 Å². The lowest BCUT2D eigenvalue weighted by Crippen LogP contribution is -2.30. The Morgan fingerprint density at radius 2 is 2.00 bits per heavy atom. The molecule has 0 aliphatic carbocycles. The molecular weight excluding hydrogens is 195 g/mol. The summed E-state index contributed by atoms with van der Waals surface area (Å²) in [4.78, 5) is 0. The molecule has 1 aromatic rings. The van der Waals surface area contributed by atoms with Gasteiger partial charge in [0.25, 0.3) is 6.43 Å². The lowest BCUT2D eigenvalue weighted by molar-refractivity contribution is 0.116. The summed E-state index contributed by atoms with van der Waals surface area (Å²) >= 11 is 0. The minimum Gasteiger partial charge on any atom is -0.505 e. The first-order chi connectivity index (χ1) is 6.50. The molecular formula is C9H10F3NO. The Kier molecular flexibility index (Phi) is 3.35. The molecule has 0 saturated heterocycles. The van der Waals surface area contributed by atoms with Gasteiger partial charge in [0.15, 0.2) is 11.6 Å². The van der Waals surface area contributed by atoms with Crippen LogP contribution in [0.5, 0.6) is 5.75 Å². The molecule has 14 heavy (non-hydrogen) atoms. The number of hydrogen-bond donors (Lipinski definition) is 2. The first kappa shape index (κ1) is 10.8. The minimum absolute atomic E-state index is 0.116. The summed E-state index contributed by atoms with van der Waals surface area (Å²) < 4.78 is 36.8. The Bertz CT molecular complexity index is 317. The molecule has 1 atom stereocenters. The smallest absolute Gasteiger partial charge is 0.253 e.